The molecule has 2 heterocycles. The Bertz CT molecular complexity index is 585. The van der Waals surface area contributed by atoms with E-state index in [9.17, 15) is 9.18 Å². The van der Waals surface area contributed by atoms with Gasteiger partial charge in [0.2, 0.25) is 11.7 Å². The molecule has 0 unspecified atom stereocenters. The zero-order valence-electron chi connectivity index (χ0n) is 11.0. The number of carbonyl (C=O) groups is 1. The average molecular weight is 263 g/mol. The van der Waals surface area contributed by atoms with E-state index in [0.717, 1.165) is 6.20 Å². The summed E-state index contributed by atoms with van der Waals surface area (Å²) < 4.78 is 17.7. The molecule has 0 atom stereocenters. The van der Waals surface area contributed by atoms with Gasteiger partial charge in [0.25, 0.3) is 0 Å². The Morgan fingerprint density at radius 3 is 2.68 bits per heavy atom. The lowest BCUT2D eigenvalue weighted by atomic mass is 9.89. The van der Waals surface area contributed by atoms with Crippen molar-refractivity contribution in [1.82, 2.24) is 15.1 Å². The van der Waals surface area contributed by atoms with Crippen LogP contribution in [0.5, 0.6) is 0 Å². The molecular formula is C13H14FN3O2. The summed E-state index contributed by atoms with van der Waals surface area (Å²) in [5.74, 6) is 0.0582. The van der Waals surface area contributed by atoms with E-state index in [2.05, 4.69) is 15.1 Å². The number of aromatic nitrogens is 3. The number of carbonyl (C=O) groups excluding carboxylic acids is 1. The summed E-state index contributed by atoms with van der Waals surface area (Å²) in [4.78, 5) is 19.8. The Kier molecular flexibility index (Phi) is 3.42. The Hall–Kier alpha value is -2.11. The third-order valence-corrected chi connectivity index (χ3v) is 2.57. The van der Waals surface area contributed by atoms with Gasteiger partial charge in [0.15, 0.2) is 0 Å². The molecule has 0 aromatic carbocycles. The molecular weight excluding hydrogens is 249 g/mol. The normalized spacial score (nSPS) is 11.6. The fraction of sp³-hybridized carbons (Fsp3) is 0.385. The summed E-state index contributed by atoms with van der Waals surface area (Å²) in [6.45, 7) is 5.48. The standard InChI is InChI=1S/C13H14FN3O2/c1-13(2,3)10(18)6-11-16-12(17-19-11)9-5-4-8(14)7-15-9/h4-5,7H,6H2,1-3H3. The molecule has 0 spiro atoms. The van der Waals surface area contributed by atoms with E-state index in [0.29, 0.717) is 5.69 Å². The van der Waals surface area contributed by atoms with Gasteiger partial charge in [-0.25, -0.2) is 9.37 Å². The Morgan fingerprint density at radius 2 is 2.11 bits per heavy atom. The van der Waals surface area contributed by atoms with E-state index in [4.69, 9.17) is 4.52 Å². The number of nitrogens with zero attached hydrogens (tertiary/aromatic N) is 3. The maximum atomic E-state index is 12.7. The number of hydrogen-bond donors (Lipinski definition) is 0. The minimum atomic E-state index is -0.456. The molecule has 2 rings (SSSR count). The third kappa shape index (κ3) is 3.21. The molecule has 5 nitrogen and oxygen atoms in total. The van der Waals surface area contributed by atoms with Crippen LogP contribution in [0.3, 0.4) is 0 Å². The van der Waals surface area contributed by atoms with Gasteiger partial charge in [-0.3, -0.25) is 4.79 Å². The van der Waals surface area contributed by atoms with E-state index < -0.39 is 11.2 Å². The SMILES string of the molecule is CC(C)(C)C(=O)Cc1nc(-c2ccc(F)cn2)no1. The highest BCUT2D eigenvalue weighted by molar-refractivity contribution is 5.85. The Balaban J connectivity index is 2.16. The van der Waals surface area contributed by atoms with Crippen LogP contribution in [-0.2, 0) is 11.2 Å². The maximum Gasteiger partial charge on any atom is 0.234 e. The predicted octanol–water partition coefficient (Wildman–Crippen LogP) is 2.43. The van der Waals surface area contributed by atoms with Crippen LogP contribution in [0, 0.1) is 11.2 Å². The van der Waals surface area contributed by atoms with Crippen molar-refractivity contribution in [3.63, 3.8) is 0 Å². The minimum Gasteiger partial charge on any atom is -0.338 e. The predicted molar refractivity (Wildman–Crippen MR) is 65.7 cm³/mol. The van der Waals surface area contributed by atoms with Crippen molar-refractivity contribution in [2.75, 3.05) is 0 Å². The molecule has 0 fully saturated rings. The molecule has 19 heavy (non-hydrogen) atoms. The lowest BCUT2D eigenvalue weighted by Crippen LogP contribution is -2.22. The van der Waals surface area contributed by atoms with Crippen LogP contribution >= 0.6 is 0 Å². The second-order valence-electron chi connectivity index (χ2n) is 5.22. The number of ketones is 1. The van der Waals surface area contributed by atoms with Gasteiger partial charge < -0.3 is 4.52 Å². The van der Waals surface area contributed by atoms with Crippen molar-refractivity contribution >= 4 is 5.78 Å². The summed E-state index contributed by atoms with van der Waals surface area (Å²) in [5, 5.41) is 3.73. The highest BCUT2D eigenvalue weighted by Gasteiger charge is 2.24. The van der Waals surface area contributed by atoms with Crippen molar-refractivity contribution in [2.45, 2.75) is 27.2 Å². The molecule has 100 valence electrons. The quantitative estimate of drug-likeness (QED) is 0.850. The third-order valence-electron chi connectivity index (χ3n) is 2.57. The number of halogens is 1. The highest BCUT2D eigenvalue weighted by Crippen LogP contribution is 2.19. The van der Waals surface area contributed by atoms with Crippen LogP contribution < -0.4 is 0 Å². The van der Waals surface area contributed by atoms with Crippen molar-refractivity contribution in [3.05, 3.63) is 30.0 Å². The van der Waals surface area contributed by atoms with Crippen molar-refractivity contribution in [1.29, 1.82) is 0 Å². The second kappa shape index (κ2) is 4.87. The van der Waals surface area contributed by atoms with E-state index in [1.165, 1.54) is 12.1 Å². The van der Waals surface area contributed by atoms with Gasteiger partial charge in [0.1, 0.15) is 17.3 Å². The van der Waals surface area contributed by atoms with Gasteiger partial charge in [-0.2, -0.15) is 4.98 Å². The van der Waals surface area contributed by atoms with Gasteiger partial charge in [-0.05, 0) is 12.1 Å². The van der Waals surface area contributed by atoms with Crippen LogP contribution in [0.2, 0.25) is 0 Å². The van der Waals surface area contributed by atoms with Crippen molar-refractivity contribution in [2.24, 2.45) is 5.41 Å². The van der Waals surface area contributed by atoms with Crippen LogP contribution in [0.1, 0.15) is 26.7 Å². The summed E-state index contributed by atoms with van der Waals surface area (Å²) in [7, 11) is 0. The summed E-state index contributed by atoms with van der Waals surface area (Å²) in [5.41, 5.74) is -0.0532. The Labute approximate surface area is 109 Å². The highest BCUT2D eigenvalue weighted by atomic mass is 19.1. The van der Waals surface area contributed by atoms with Crippen LogP contribution in [0.4, 0.5) is 4.39 Å². The maximum absolute atomic E-state index is 12.7. The molecule has 0 aliphatic heterocycles. The fourth-order valence-corrected chi connectivity index (χ4v) is 1.34. The van der Waals surface area contributed by atoms with E-state index in [-0.39, 0.29) is 23.9 Å². The molecule has 2 aromatic rings. The molecule has 0 aliphatic rings. The van der Waals surface area contributed by atoms with Gasteiger partial charge >= 0.3 is 0 Å². The number of rotatable bonds is 3. The fourth-order valence-electron chi connectivity index (χ4n) is 1.34. The van der Waals surface area contributed by atoms with Crippen LogP contribution in [0.15, 0.2) is 22.9 Å². The van der Waals surface area contributed by atoms with Gasteiger partial charge in [-0.15, -0.1) is 0 Å². The van der Waals surface area contributed by atoms with Crippen molar-refractivity contribution < 1.29 is 13.7 Å². The minimum absolute atomic E-state index is 0.00904. The molecule has 0 amide bonds. The van der Waals surface area contributed by atoms with E-state index in [1.807, 2.05) is 20.8 Å². The molecule has 0 saturated heterocycles. The van der Waals surface area contributed by atoms with E-state index in [1.54, 1.807) is 0 Å². The summed E-state index contributed by atoms with van der Waals surface area (Å²) in [6.07, 6.45) is 1.16. The first-order valence-corrected chi connectivity index (χ1v) is 5.84. The molecule has 0 saturated carbocycles. The van der Waals surface area contributed by atoms with Gasteiger partial charge in [0, 0.05) is 5.41 Å². The van der Waals surface area contributed by atoms with Crippen LogP contribution in [-0.4, -0.2) is 20.9 Å². The molecule has 0 bridgehead atoms. The summed E-state index contributed by atoms with van der Waals surface area (Å²) >= 11 is 0. The number of pyridine rings is 1. The van der Waals surface area contributed by atoms with Gasteiger partial charge in [-0.1, -0.05) is 25.9 Å². The monoisotopic (exact) mass is 263 g/mol. The first-order valence-electron chi connectivity index (χ1n) is 5.84. The average Bonchev–Trinajstić information content (AvgIpc) is 2.77. The lowest BCUT2D eigenvalue weighted by molar-refractivity contribution is -0.125. The summed E-state index contributed by atoms with van der Waals surface area (Å²) in [6, 6.07) is 2.72. The molecule has 0 N–H and O–H groups in total. The molecule has 0 radical (unpaired) electrons. The zero-order valence-corrected chi connectivity index (χ0v) is 11.0. The molecule has 0 aliphatic carbocycles. The number of hydrogen-bond acceptors (Lipinski definition) is 5. The van der Waals surface area contributed by atoms with E-state index >= 15 is 0 Å². The number of Topliss-reactive ketones (excluding diaryl/α,β-unsaturated/α-hetero) is 1. The first kappa shape index (κ1) is 13.3. The first-order chi connectivity index (χ1) is 8.86. The molecule has 2 aromatic heterocycles. The Morgan fingerprint density at radius 1 is 1.37 bits per heavy atom. The zero-order chi connectivity index (χ0) is 14.0. The smallest absolute Gasteiger partial charge is 0.234 e. The van der Waals surface area contributed by atoms with Gasteiger partial charge in [0.05, 0.1) is 12.6 Å². The largest absolute Gasteiger partial charge is 0.338 e. The topological polar surface area (TPSA) is 68.9 Å². The second-order valence-corrected chi connectivity index (χ2v) is 5.22. The lowest BCUT2D eigenvalue weighted by Gasteiger charge is -2.14. The molecule has 6 heteroatoms. The van der Waals surface area contributed by atoms with Crippen molar-refractivity contribution in [3.8, 4) is 11.5 Å². The van der Waals surface area contributed by atoms with Crippen LogP contribution in [0.25, 0.3) is 11.5 Å².